The Morgan fingerprint density at radius 2 is 1.90 bits per heavy atom. The van der Waals surface area contributed by atoms with Gasteiger partial charge in [0.05, 0.1) is 16.8 Å². The summed E-state index contributed by atoms with van der Waals surface area (Å²) in [6.07, 6.45) is -4.63. The number of nitrogens with zero attached hydrogens (tertiary/aromatic N) is 2. The largest absolute Gasteiger partial charge is 0.573 e. The Hall–Kier alpha value is -2.45. The molecule has 1 aliphatic heterocycles. The highest BCUT2D eigenvalue weighted by Crippen LogP contribution is 2.35. The number of urea groups is 1. The third-order valence-corrected chi connectivity index (χ3v) is 4.87. The molecule has 29 heavy (non-hydrogen) atoms. The Bertz CT molecular complexity index is 962. The number of benzene rings is 2. The van der Waals surface area contributed by atoms with Gasteiger partial charge in [0.1, 0.15) is 5.75 Å². The van der Waals surface area contributed by atoms with Gasteiger partial charge in [0, 0.05) is 23.2 Å². The van der Waals surface area contributed by atoms with Gasteiger partial charge in [0.25, 0.3) is 0 Å². The minimum absolute atomic E-state index is 0.219. The fourth-order valence-electron chi connectivity index (χ4n) is 3.03. The second-order valence-electron chi connectivity index (χ2n) is 6.40. The highest BCUT2D eigenvalue weighted by molar-refractivity contribution is 6.33. The fourth-order valence-corrected chi connectivity index (χ4v) is 3.36. The number of hydrogen-bond acceptors (Lipinski definition) is 3. The lowest BCUT2D eigenvalue weighted by Crippen LogP contribution is -2.41. The number of ether oxygens (including phenoxy) is 1. The van der Waals surface area contributed by atoms with Crippen LogP contribution in [0.2, 0.25) is 10.0 Å². The summed E-state index contributed by atoms with van der Waals surface area (Å²) < 4.78 is 42.2. The number of hydrazone groups is 1. The van der Waals surface area contributed by atoms with E-state index < -0.39 is 24.2 Å². The second kappa shape index (κ2) is 8.12. The third-order valence-electron chi connectivity index (χ3n) is 4.32. The molecule has 0 radical (unpaired) electrons. The van der Waals surface area contributed by atoms with E-state index in [0.717, 1.165) is 0 Å². The lowest BCUT2D eigenvalue weighted by atomic mass is 9.94. The number of hydrogen-bond donors (Lipinski definition) is 1. The summed E-state index contributed by atoms with van der Waals surface area (Å²) in [6, 6.07) is 8.44. The maximum absolute atomic E-state index is 12.7. The van der Waals surface area contributed by atoms with Crippen LogP contribution in [-0.2, 0) is 6.42 Å². The highest BCUT2D eigenvalue weighted by Gasteiger charge is 2.34. The van der Waals surface area contributed by atoms with Crippen LogP contribution in [0.5, 0.6) is 5.75 Å². The zero-order chi connectivity index (χ0) is 21.3. The van der Waals surface area contributed by atoms with Crippen molar-refractivity contribution in [2.75, 3.05) is 7.05 Å². The van der Waals surface area contributed by atoms with Gasteiger partial charge in [-0.1, -0.05) is 35.3 Å². The van der Waals surface area contributed by atoms with Gasteiger partial charge in [-0.15, -0.1) is 13.2 Å². The van der Waals surface area contributed by atoms with Gasteiger partial charge < -0.3 is 10.1 Å². The zero-order valence-corrected chi connectivity index (χ0v) is 16.9. The summed E-state index contributed by atoms with van der Waals surface area (Å²) in [4.78, 5) is 12.3. The summed E-state index contributed by atoms with van der Waals surface area (Å²) in [6.45, 7) is 1.74. The van der Waals surface area contributed by atoms with Crippen molar-refractivity contribution < 1.29 is 22.7 Å². The molecule has 0 saturated heterocycles. The van der Waals surface area contributed by atoms with E-state index in [1.807, 2.05) is 0 Å². The molecule has 0 spiro atoms. The van der Waals surface area contributed by atoms with Crippen molar-refractivity contribution >= 4 is 34.9 Å². The molecule has 154 valence electrons. The van der Waals surface area contributed by atoms with Crippen LogP contribution in [0.15, 0.2) is 41.5 Å². The van der Waals surface area contributed by atoms with Crippen LogP contribution < -0.4 is 10.1 Å². The van der Waals surface area contributed by atoms with E-state index in [2.05, 4.69) is 15.2 Å². The standard InChI is InChI=1S/C19H16Cl2F3N3O2/c1-10-7-12-8-16(29-19(22,23)24)15(21)9-14(12)17(26-27(10)18(28)25-2)11-3-5-13(20)6-4-11/h3-6,8-10H,7H2,1-2H3,(H,25,28). The quantitative estimate of drug-likeness (QED) is 0.687. The number of alkyl halides is 3. The molecule has 0 aliphatic carbocycles. The number of rotatable bonds is 2. The predicted molar refractivity (Wildman–Crippen MR) is 105 cm³/mol. The molecule has 1 unspecified atom stereocenters. The number of nitrogens with one attached hydrogen (secondary N) is 1. The van der Waals surface area contributed by atoms with Crippen molar-refractivity contribution in [2.45, 2.75) is 25.7 Å². The van der Waals surface area contributed by atoms with Crippen LogP contribution in [0.3, 0.4) is 0 Å². The number of fused-ring (bicyclic) bond motifs is 1. The number of carbonyl (C=O) groups excluding carboxylic acids is 1. The monoisotopic (exact) mass is 445 g/mol. The Morgan fingerprint density at radius 3 is 2.48 bits per heavy atom. The van der Waals surface area contributed by atoms with Crippen LogP contribution in [0.1, 0.15) is 23.6 Å². The van der Waals surface area contributed by atoms with Gasteiger partial charge in [-0.3, -0.25) is 0 Å². The molecule has 1 atom stereocenters. The van der Waals surface area contributed by atoms with Crippen LogP contribution in [-0.4, -0.2) is 36.2 Å². The van der Waals surface area contributed by atoms with E-state index >= 15 is 0 Å². The smallest absolute Gasteiger partial charge is 0.404 e. The van der Waals surface area contributed by atoms with Gasteiger partial charge in [-0.25, -0.2) is 9.80 Å². The van der Waals surface area contributed by atoms with E-state index in [9.17, 15) is 18.0 Å². The van der Waals surface area contributed by atoms with Gasteiger partial charge in [-0.2, -0.15) is 5.10 Å². The highest BCUT2D eigenvalue weighted by atomic mass is 35.5. The van der Waals surface area contributed by atoms with Crippen molar-refractivity contribution in [3.63, 3.8) is 0 Å². The Kier molecular flexibility index (Phi) is 5.95. The molecule has 0 bridgehead atoms. The third kappa shape index (κ3) is 4.76. The number of halogens is 5. The van der Waals surface area contributed by atoms with Crippen LogP contribution >= 0.6 is 23.2 Å². The molecule has 5 nitrogen and oxygen atoms in total. The Morgan fingerprint density at radius 1 is 1.24 bits per heavy atom. The zero-order valence-electron chi connectivity index (χ0n) is 15.3. The SMILES string of the molecule is CNC(=O)N1N=C(c2ccc(Cl)cc2)c2cc(Cl)c(OC(F)(F)F)cc2CC1C. The summed E-state index contributed by atoms with van der Waals surface area (Å²) >= 11 is 12.0. The first kappa shape index (κ1) is 21.3. The first-order valence-corrected chi connectivity index (χ1v) is 9.28. The van der Waals surface area contributed by atoms with E-state index in [1.165, 1.54) is 24.2 Å². The summed E-state index contributed by atoms with van der Waals surface area (Å²) in [5, 5.41) is 8.54. The average molecular weight is 446 g/mol. The minimum Gasteiger partial charge on any atom is -0.404 e. The molecule has 2 aromatic rings. The van der Waals surface area contributed by atoms with E-state index in [4.69, 9.17) is 23.2 Å². The topological polar surface area (TPSA) is 53.9 Å². The first-order chi connectivity index (χ1) is 13.6. The van der Waals surface area contributed by atoms with Crippen molar-refractivity contribution in [2.24, 2.45) is 5.10 Å². The molecule has 1 heterocycles. The molecule has 2 aromatic carbocycles. The Balaban J connectivity index is 2.19. The average Bonchev–Trinajstić information content (AvgIpc) is 2.77. The molecular formula is C19H16Cl2F3N3O2. The predicted octanol–water partition coefficient (Wildman–Crippen LogP) is 5.23. The Labute approximate surface area is 175 Å². The van der Waals surface area contributed by atoms with Crippen LogP contribution in [0.4, 0.5) is 18.0 Å². The molecule has 2 amide bonds. The van der Waals surface area contributed by atoms with Gasteiger partial charge in [0.2, 0.25) is 0 Å². The molecular weight excluding hydrogens is 430 g/mol. The summed E-state index contributed by atoms with van der Waals surface area (Å²) in [5.41, 5.74) is 2.02. The van der Waals surface area contributed by atoms with Crippen molar-refractivity contribution in [3.8, 4) is 5.75 Å². The summed E-state index contributed by atoms with van der Waals surface area (Å²) in [7, 11) is 1.47. The van der Waals surface area contributed by atoms with Crippen molar-refractivity contribution in [1.29, 1.82) is 0 Å². The maximum atomic E-state index is 12.7. The minimum atomic E-state index is -4.88. The van der Waals surface area contributed by atoms with Crippen LogP contribution in [0, 0.1) is 0 Å². The van der Waals surface area contributed by atoms with Crippen molar-refractivity contribution in [1.82, 2.24) is 10.3 Å². The lowest BCUT2D eigenvalue weighted by Gasteiger charge is -2.22. The molecule has 0 saturated carbocycles. The summed E-state index contributed by atoms with van der Waals surface area (Å²) in [5.74, 6) is -0.506. The maximum Gasteiger partial charge on any atom is 0.573 e. The van der Waals surface area contributed by atoms with E-state index in [1.54, 1.807) is 31.2 Å². The molecule has 0 fully saturated rings. The fraction of sp³-hybridized carbons (Fsp3) is 0.263. The number of carbonyl (C=O) groups is 1. The first-order valence-electron chi connectivity index (χ1n) is 8.53. The molecule has 10 heteroatoms. The molecule has 1 aliphatic rings. The van der Waals surface area contributed by atoms with E-state index in [-0.39, 0.29) is 11.4 Å². The van der Waals surface area contributed by atoms with Gasteiger partial charge in [-0.05, 0) is 43.2 Å². The lowest BCUT2D eigenvalue weighted by molar-refractivity contribution is -0.274. The molecule has 3 rings (SSSR count). The van der Waals surface area contributed by atoms with Gasteiger partial charge >= 0.3 is 12.4 Å². The van der Waals surface area contributed by atoms with E-state index in [0.29, 0.717) is 27.4 Å². The molecule has 1 N–H and O–H groups in total. The normalized spacial score (nSPS) is 16.6. The van der Waals surface area contributed by atoms with Crippen LogP contribution in [0.25, 0.3) is 0 Å². The van der Waals surface area contributed by atoms with Crippen molar-refractivity contribution in [3.05, 3.63) is 63.1 Å². The van der Waals surface area contributed by atoms with Gasteiger partial charge in [0.15, 0.2) is 0 Å². The number of amides is 2. The second-order valence-corrected chi connectivity index (χ2v) is 7.24. The molecule has 0 aromatic heterocycles.